The highest BCUT2D eigenvalue weighted by Gasteiger charge is 2.16. The van der Waals surface area contributed by atoms with Crippen LogP contribution in [0.25, 0.3) is 0 Å². The molecule has 2 heteroatoms. The molecule has 0 heterocycles. The number of ether oxygens (including phenoxy) is 1. The van der Waals surface area contributed by atoms with E-state index in [-0.39, 0.29) is 6.61 Å². The molecule has 2 nitrogen and oxygen atoms in total. The number of aliphatic hydroxyl groups is 1. The highest BCUT2D eigenvalue weighted by atomic mass is 16.5. The van der Waals surface area contributed by atoms with Gasteiger partial charge in [0.1, 0.15) is 0 Å². The van der Waals surface area contributed by atoms with Gasteiger partial charge in [0.05, 0.1) is 19.3 Å². The minimum atomic E-state index is 0.151. The van der Waals surface area contributed by atoms with Crippen LogP contribution in [0.5, 0.6) is 0 Å². The second kappa shape index (κ2) is 18.0. The summed E-state index contributed by atoms with van der Waals surface area (Å²) in [6.07, 6.45) is 27.5. The van der Waals surface area contributed by atoms with Crippen molar-refractivity contribution in [2.24, 2.45) is 0 Å². The maximum atomic E-state index is 8.81. The zero-order valence-corrected chi connectivity index (χ0v) is 17.7. The molecule has 26 heavy (non-hydrogen) atoms. The van der Waals surface area contributed by atoms with E-state index in [1.807, 2.05) is 0 Å². The fourth-order valence-corrected chi connectivity index (χ4v) is 4.02. The highest BCUT2D eigenvalue weighted by molar-refractivity contribution is 5.05. The molecule has 1 aliphatic carbocycles. The Hall–Kier alpha value is -0.340. The van der Waals surface area contributed by atoms with Gasteiger partial charge in [-0.05, 0) is 38.5 Å². The first-order chi connectivity index (χ1) is 12.9. The Balaban J connectivity index is 1.81. The van der Waals surface area contributed by atoms with Crippen LogP contribution in [0.4, 0.5) is 0 Å². The Morgan fingerprint density at radius 3 is 1.81 bits per heavy atom. The minimum absolute atomic E-state index is 0.151. The zero-order chi connectivity index (χ0) is 18.7. The molecule has 1 saturated carbocycles. The van der Waals surface area contributed by atoms with Gasteiger partial charge in [0, 0.05) is 0 Å². The molecule has 0 saturated heterocycles. The Morgan fingerprint density at radius 1 is 0.808 bits per heavy atom. The molecular formula is C24H46O2. The van der Waals surface area contributed by atoms with Crippen LogP contribution in [-0.2, 0) is 4.74 Å². The van der Waals surface area contributed by atoms with Crippen LogP contribution in [0, 0.1) is 0 Å². The Kier molecular flexibility index (Phi) is 16.4. The number of hydrogen-bond acceptors (Lipinski definition) is 2. The largest absolute Gasteiger partial charge is 0.394 e. The van der Waals surface area contributed by atoms with Gasteiger partial charge in [-0.25, -0.2) is 0 Å². The number of allylic oxidation sites excluding steroid dienone is 2. The van der Waals surface area contributed by atoms with Gasteiger partial charge in [0.2, 0.25) is 0 Å². The van der Waals surface area contributed by atoms with Crippen LogP contribution in [0.15, 0.2) is 11.6 Å². The molecule has 0 aromatic carbocycles. The maximum absolute atomic E-state index is 8.81. The molecule has 0 aromatic rings. The summed E-state index contributed by atoms with van der Waals surface area (Å²) in [5, 5.41) is 8.81. The molecule has 0 unspecified atom stereocenters. The number of hydrogen-bond donors (Lipinski definition) is 1. The van der Waals surface area contributed by atoms with Gasteiger partial charge in [-0.1, -0.05) is 95.6 Å². The predicted molar refractivity (Wildman–Crippen MR) is 114 cm³/mol. The molecule has 0 amide bonds. The SMILES string of the molecule is CCCCCCCCCCCCCCCC=C1CCC(OCCO)CC1. The first-order valence-electron chi connectivity index (χ1n) is 11.8. The van der Waals surface area contributed by atoms with Crippen molar-refractivity contribution in [3.05, 3.63) is 11.6 Å². The van der Waals surface area contributed by atoms with Gasteiger partial charge < -0.3 is 9.84 Å². The number of unbranched alkanes of at least 4 members (excludes halogenated alkanes) is 13. The summed E-state index contributed by atoms with van der Waals surface area (Å²) in [5.74, 6) is 0. The molecule has 0 spiro atoms. The van der Waals surface area contributed by atoms with Gasteiger partial charge in [-0.15, -0.1) is 0 Å². The van der Waals surface area contributed by atoms with Crippen molar-refractivity contribution >= 4 is 0 Å². The lowest BCUT2D eigenvalue weighted by Gasteiger charge is -2.24. The molecule has 0 aliphatic heterocycles. The highest BCUT2D eigenvalue weighted by Crippen LogP contribution is 2.26. The number of rotatable bonds is 17. The third kappa shape index (κ3) is 13.8. The Labute approximate surface area is 163 Å². The van der Waals surface area contributed by atoms with Gasteiger partial charge in [-0.3, -0.25) is 0 Å². The Bertz CT molecular complexity index is 314. The van der Waals surface area contributed by atoms with Crippen molar-refractivity contribution in [1.29, 1.82) is 0 Å². The molecule has 1 aliphatic rings. The van der Waals surface area contributed by atoms with Crippen LogP contribution < -0.4 is 0 Å². The average Bonchev–Trinajstić information content (AvgIpc) is 2.67. The number of aliphatic hydroxyl groups excluding tert-OH is 1. The van der Waals surface area contributed by atoms with E-state index in [2.05, 4.69) is 13.0 Å². The molecular weight excluding hydrogens is 320 g/mol. The van der Waals surface area contributed by atoms with Crippen molar-refractivity contribution in [3.8, 4) is 0 Å². The molecule has 1 fully saturated rings. The maximum Gasteiger partial charge on any atom is 0.0701 e. The normalized spacial score (nSPS) is 17.6. The predicted octanol–water partition coefficient (Wildman–Crippen LogP) is 7.35. The smallest absolute Gasteiger partial charge is 0.0701 e. The van der Waals surface area contributed by atoms with Crippen LogP contribution in [0.3, 0.4) is 0 Å². The van der Waals surface area contributed by atoms with E-state index in [1.165, 1.54) is 103 Å². The fourth-order valence-electron chi connectivity index (χ4n) is 4.02. The van der Waals surface area contributed by atoms with Crippen molar-refractivity contribution in [3.63, 3.8) is 0 Å². The van der Waals surface area contributed by atoms with Crippen LogP contribution >= 0.6 is 0 Å². The minimum Gasteiger partial charge on any atom is -0.394 e. The van der Waals surface area contributed by atoms with E-state index in [1.54, 1.807) is 5.57 Å². The topological polar surface area (TPSA) is 29.5 Å². The molecule has 154 valence electrons. The second-order valence-corrected chi connectivity index (χ2v) is 8.19. The third-order valence-corrected chi connectivity index (χ3v) is 5.76. The third-order valence-electron chi connectivity index (χ3n) is 5.76. The van der Waals surface area contributed by atoms with Crippen molar-refractivity contribution in [2.45, 2.75) is 129 Å². The Morgan fingerprint density at radius 2 is 1.31 bits per heavy atom. The summed E-state index contributed by atoms with van der Waals surface area (Å²) in [5.41, 5.74) is 1.65. The molecule has 0 atom stereocenters. The van der Waals surface area contributed by atoms with Crippen LogP contribution in [0.2, 0.25) is 0 Å². The van der Waals surface area contributed by atoms with Gasteiger partial charge >= 0.3 is 0 Å². The lowest BCUT2D eigenvalue weighted by molar-refractivity contribution is 0.0145. The van der Waals surface area contributed by atoms with E-state index in [0.717, 1.165) is 12.8 Å². The summed E-state index contributed by atoms with van der Waals surface area (Å²) in [6, 6.07) is 0. The molecule has 1 rings (SSSR count). The lowest BCUT2D eigenvalue weighted by Crippen LogP contribution is -2.19. The lowest BCUT2D eigenvalue weighted by atomic mass is 9.91. The first kappa shape index (κ1) is 23.7. The molecule has 0 bridgehead atoms. The average molecular weight is 367 g/mol. The summed E-state index contributed by atoms with van der Waals surface area (Å²) < 4.78 is 5.63. The van der Waals surface area contributed by atoms with E-state index in [4.69, 9.17) is 9.84 Å². The standard InChI is InChI=1S/C24H46O2/c1-2-3-4-5-6-7-8-9-10-11-12-13-14-15-16-23-17-19-24(20-18-23)26-22-21-25/h16,24-25H,2-15,17-22H2,1H3. The molecule has 0 aromatic heterocycles. The van der Waals surface area contributed by atoms with Gasteiger partial charge in [-0.2, -0.15) is 0 Å². The van der Waals surface area contributed by atoms with Crippen molar-refractivity contribution < 1.29 is 9.84 Å². The van der Waals surface area contributed by atoms with Gasteiger partial charge in [0.15, 0.2) is 0 Å². The molecule has 1 N–H and O–H groups in total. The zero-order valence-electron chi connectivity index (χ0n) is 17.7. The van der Waals surface area contributed by atoms with E-state index < -0.39 is 0 Å². The second-order valence-electron chi connectivity index (χ2n) is 8.19. The monoisotopic (exact) mass is 366 g/mol. The summed E-state index contributed by atoms with van der Waals surface area (Å²) in [4.78, 5) is 0. The van der Waals surface area contributed by atoms with Crippen LogP contribution in [-0.4, -0.2) is 24.4 Å². The van der Waals surface area contributed by atoms with Gasteiger partial charge in [0.25, 0.3) is 0 Å². The first-order valence-corrected chi connectivity index (χ1v) is 11.8. The van der Waals surface area contributed by atoms with E-state index >= 15 is 0 Å². The fraction of sp³-hybridized carbons (Fsp3) is 0.917. The van der Waals surface area contributed by atoms with E-state index in [0.29, 0.717) is 12.7 Å². The molecule has 0 radical (unpaired) electrons. The summed E-state index contributed by atoms with van der Waals surface area (Å²) in [7, 11) is 0. The quantitative estimate of drug-likeness (QED) is 0.215. The summed E-state index contributed by atoms with van der Waals surface area (Å²) >= 11 is 0. The van der Waals surface area contributed by atoms with Crippen molar-refractivity contribution in [2.75, 3.05) is 13.2 Å². The summed E-state index contributed by atoms with van der Waals surface area (Å²) in [6.45, 7) is 2.94. The van der Waals surface area contributed by atoms with Crippen molar-refractivity contribution in [1.82, 2.24) is 0 Å². The van der Waals surface area contributed by atoms with E-state index in [9.17, 15) is 0 Å². The van der Waals surface area contributed by atoms with Crippen LogP contribution in [0.1, 0.15) is 122 Å².